The molecule has 0 aliphatic heterocycles. The second kappa shape index (κ2) is 12.3. The highest BCUT2D eigenvalue weighted by Gasteiger charge is 2.22. The second-order valence-corrected chi connectivity index (χ2v) is 6.54. The lowest BCUT2D eigenvalue weighted by Crippen LogP contribution is -2.42. The van der Waals surface area contributed by atoms with Crippen LogP contribution in [-0.4, -0.2) is 68.1 Å². The number of esters is 1. The van der Waals surface area contributed by atoms with Crippen LogP contribution < -0.4 is 4.74 Å². The molecular weight excluding hydrogens is 344 g/mol. The number of carbonyl (C=O) groups excluding carboxylic acids is 2. The van der Waals surface area contributed by atoms with Gasteiger partial charge in [0, 0.05) is 19.6 Å². The molecule has 0 fully saturated rings. The van der Waals surface area contributed by atoms with Gasteiger partial charge in [-0.15, -0.1) is 0 Å². The van der Waals surface area contributed by atoms with Gasteiger partial charge in [-0.3, -0.25) is 9.59 Å². The lowest BCUT2D eigenvalue weighted by atomic mass is 10.1. The second-order valence-electron chi connectivity index (χ2n) is 6.54. The van der Waals surface area contributed by atoms with Crippen LogP contribution in [0.25, 0.3) is 0 Å². The minimum atomic E-state index is -0.351. The van der Waals surface area contributed by atoms with E-state index in [4.69, 9.17) is 9.47 Å². The van der Waals surface area contributed by atoms with Crippen LogP contribution >= 0.6 is 0 Å². The summed E-state index contributed by atoms with van der Waals surface area (Å²) in [7, 11) is 1.38. The molecule has 0 aliphatic rings. The first-order valence-electron chi connectivity index (χ1n) is 9.74. The lowest BCUT2D eigenvalue weighted by molar-refractivity contribution is -0.146. The lowest BCUT2D eigenvalue weighted by Gasteiger charge is -2.28. The molecule has 1 unspecified atom stereocenters. The molecule has 0 bridgehead atoms. The maximum absolute atomic E-state index is 12.9. The molecule has 1 atom stereocenters. The van der Waals surface area contributed by atoms with Crippen molar-refractivity contribution in [1.82, 2.24) is 9.80 Å². The van der Waals surface area contributed by atoms with Crippen LogP contribution in [-0.2, 0) is 20.7 Å². The first-order valence-corrected chi connectivity index (χ1v) is 9.74. The minimum Gasteiger partial charge on any atom is -0.494 e. The Morgan fingerprint density at radius 3 is 2.19 bits per heavy atom. The average Bonchev–Trinajstić information content (AvgIpc) is 2.68. The number of ether oxygens (including phenoxy) is 2. The minimum absolute atomic E-state index is 0.0158. The third-order valence-corrected chi connectivity index (χ3v) is 4.62. The zero-order chi connectivity index (χ0) is 20.2. The Balaban J connectivity index is 2.78. The molecule has 0 radical (unpaired) electrons. The molecule has 0 N–H and O–H groups in total. The smallest absolute Gasteiger partial charge is 0.310 e. The molecule has 1 aromatic rings. The quantitative estimate of drug-likeness (QED) is 0.523. The zero-order valence-corrected chi connectivity index (χ0v) is 17.4. The first-order chi connectivity index (χ1) is 12.9. The summed E-state index contributed by atoms with van der Waals surface area (Å²) in [6.07, 6.45) is 0.304. The highest BCUT2D eigenvalue weighted by atomic mass is 16.5. The van der Waals surface area contributed by atoms with E-state index in [9.17, 15) is 9.59 Å². The van der Waals surface area contributed by atoms with E-state index >= 15 is 0 Å². The van der Waals surface area contributed by atoms with Crippen molar-refractivity contribution in [3.05, 3.63) is 29.8 Å². The fraction of sp³-hybridized carbons (Fsp3) is 0.619. The van der Waals surface area contributed by atoms with Gasteiger partial charge >= 0.3 is 5.97 Å². The van der Waals surface area contributed by atoms with E-state index in [1.54, 1.807) is 11.8 Å². The third kappa shape index (κ3) is 7.99. The molecule has 1 amide bonds. The van der Waals surface area contributed by atoms with Crippen LogP contribution in [0, 0.1) is 5.92 Å². The Hall–Kier alpha value is -2.08. The van der Waals surface area contributed by atoms with E-state index < -0.39 is 0 Å². The monoisotopic (exact) mass is 378 g/mol. The number of amides is 1. The number of likely N-dealkylation sites (N-methyl/N-ethyl adjacent to an activating group) is 1. The molecule has 0 saturated carbocycles. The van der Waals surface area contributed by atoms with Crippen LogP contribution in [0.1, 0.15) is 33.3 Å². The molecule has 152 valence electrons. The standard InChI is InChI=1S/C21H34N2O4/c1-6-22(7-2)13-14-23(16-17(4)21(25)26-5)20(24)15-18-9-11-19(12-10-18)27-8-3/h9-12,17H,6-8,13-16H2,1-5H3. The van der Waals surface area contributed by atoms with Gasteiger partial charge in [-0.05, 0) is 37.7 Å². The molecule has 0 spiro atoms. The van der Waals surface area contributed by atoms with Crippen molar-refractivity contribution in [3.63, 3.8) is 0 Å². The van der Waals surface area contributed by atoms with Gasteiger partial charge in [0.15, 0.2) is 0 Å². The first kappa shape index (κ1) is 23.0. The van der Waals surface area contributed by atoms with Crippen LogP contribution in [0.15, 0.2) is 24.3 Å². The van der Waals surface area contributed by atoms with Crippen molar-refractivity contribution in [2.24, 2.45) is 5.92 Å². The van der Waals surface area contributed by atoms with Gasteiger partial charge < -0.3 is 19.3 Å². The summed E-state index contributed by atoms with van der Waals surface area (Å²) >= 11 is 0. The zero-order valence-electron chi connectivity index (χ0n) is 17.4. The van der Waals surface area contributed by atoms with E-state index in [2.05, 4.69) is 18.7 Å². The fourth-order valence-electron chi connectivity index (χ4n) is 2.88. The summed E-state index contributed by atoms with van der Waals surface area (Å²) in [5, 5.41) is 0. The van der Waals surface area contributed by atoms with Crippen molar-refractivity contribution in [2.45, 2.75) is 34.1 Å². The number of benzene rings is 1. The number of hydrogen-bond acceptors (Lipinski definition) is 5. The Morgan fingerprint density at radius 2 is 1.67 bits per heavy atom. The van der Waals surface area contributed by atoms with Crippen molar-refractivity contribution >= 4 is 11.9 Å². The van der Waals surface area contributed by atoms with Gasteiger partial charge in [0.1, 0.15) is 5.75 Å². The Kier molecular flexibility index (Phi) is 10.5. The molecular formula is C21H34N2O4. The molecule has 6 nitrogen and oxygen atoms in total. The number of hydrogen-bond donors (Lipinski definition) is 0. The van der Waals surface area contributed by atoms with Gasteiger partial charge in [-0.2, -0.15) is 0 Å². The molecule has 0 aliphatic carbocycles. The topological polar surface area (TPSA) is 59.1 Å². The molecule has 1 aromatic carbocycles. The van der Waals surface area contributed by atoms with Crippen molar-refractivity contribution < 1.29 is 19.1 Å². The van der Waals surface area contributed by atoms with E-state index in [1.807, 2.05) is 31.2 Å². The normalized spacial score (nSPS) is 11.9. The molecule has 6 heteroatoms. The van der Waals surface area contributed by atoms with Crippen molar-refractivity contribution in [1.29, 1.82) is 0 Å². The number of nitrogens with zero attached hydrogens (tertiary/aromatic N) is 2. The summed E-state index contributed by atoms with van der Waals surface area (Å²) in [6.45, 7) is 12.2. The maximum atomic E-state index is 12.9. The van der Waals surface area contributed by atoms with E-state index in [-0.39, 0.29) is 17.8 Å². The van der Waals surface area contributed by atoms with Crippen LogP contribution in [0.4, 0.5) is 0 Å². The molecule has 27 heavy (non-hydrogen) atoms. The number of carbonyl (C=O) groups is 2. The van der Waals surface area contributed by atoms with E-state index in [0.717, 1.165) is 30.9 Å². The molecule has 0 heterocycles. The SMILES string of the molecule is CCOc1ccc(CC(=O)N(CCN(CC)CC)CC(C)C(=O)OC)cc1. The Morgan fingerprint density at radius 1 is 1.04 bits per heavy atom. The summed E-state index contributed by atoms with van der Waals surface area (Å²) in [6, 6.07) is 7.58. The predicted molar refractivity (Wildman–Crippen MR) is 107 cm³/mol. The van der Waals surface area contributed by atoms with E-state index in [0.29, 0.717) is 26.1 Å². The highest BCUT2D eigenvalue weighted by Crippen LogP contribution is 2.14. The van der Waals surface area contributed by atoms with Crippen LogP contribution in [0.3, 0.4) is 0 Å². The Bertz CT molecular complexity index is 570. The highest BCUT2D eigenvalue weighted by molar-refractivity contribution is 5.80. The van der Waals surface area contributed by atoms with Gasteiger partial charge in [0.05, 0.1) is 26.1 Å². The number of methoxy groups -OCH3 is 1. The van der Waals surface area contributed by atoms with Crippen molar-refractivity contribution in [2.75, 3.05) is 46.4 Å². The van der Waals surface area contributed by atoms with Gasteiger partial charge in [0.2, 0.25) is 5.91 Å². The summed E-state index contributed by atoms with van der Waals surface area (Å²) < 4.78 is 10.3. The van der Waals surface area contributed by atoms with Gasteiger partial charge in [-0.25, -0.2) is 0 Å². The van der Waals surface area contributed by atoms with Crippen molar-refractivity contribution in [3.8, 4) is 5.75 Å². The number of rotatable bonds is 12. The Labute approximate surface area is 163 Å². The van der Waals surface area contributed by atoms with Crippen LogP contribution in [0.5, 0.6) is 5.75 Å². The van der Waals surface area contributed by atoms with E-state index in [1.165, 1.54) is 7.11 Å². The summed E-state index contributed by atoms with van der Waals surface area (Å²) in [5.41, 5.74) is 0.932. The largest absolute Gasteiger partial charge is 0.494 e. The molecule has 0 saturated heterocycles. The average molecular weight is 379 g/mol. The maximum Gasteiger partial charge on any atom is 0.310 e. The molecule has 0 aromatic heterocycles. The fourth-order valence-corrected chi connectivity index (χ4v) is 2.88. The van der Waals surface area contributed by atoms with Gasteiger partial charge in [-0.1, -0.05) is 32.9 Å². The predicted octanol–water partition coefficient (Wildman–Crippen LogP) is 2.61. The third-order valence-electron chi connectivity index (χ3n) is 4.62. The van der Waals surface area contributed by atoms with Gasteiger partial charge in [0.25, 0.3) is 0 Å². The summed E-state index contributed by atoms with van der Waals surface area (Å²) in [5.74, 6) is 0.168. The summed E-state index contributed by atoms with van der Waals surface area (Å²) in [4.78, 5) is 28.7. The van der Waals surface area contributed by atoms with Crippen LogP contribution in [0.2, 0.25) is 0 Å². The molecule has 1 rings (SSSR count).